The van der Waals surface area contributed by atoms with Crippen molar-refractivity contribution in [2.75, 3.05) is 0 Å². The van der Waals surface area contributed by atoms with Gasteiger partial charge in [0.15, 0.2) is 0 Å². The summed E-state index contributed by atoms with van der Waals surface area (Å²) in [6.07, 6.45) is 4.49. The van der Waals surface area contributed by atoms with Crippen LogP contribution in [0.1, 0.15) is 20.3 Å². The van der Waals surface area contributed by atoms with Crippen LogP contribution in [-0.4, -0.2) is 11.9 Å². The maximum absolute atomic E-state index is 11.0. The maximum Gasteiger partial charge on any atom is 0.321 e. The molecule has 0 saturated carbocycles. The fourth-order valence-electron chi connectivity index (χ4n) is 1.14. The zero-order valence-electron chi connectivity index (χ0n) is 7.24. The predicted molar refractivity (Wildman–Crippen MR) is 43.2 cm³/mol. The van der Waals surface area contributed by atoms with Gasteiger partial charge in [-0.05, 0) is 6.42 Å². The molecule has 1 saturated heterocycles. The lowest BCUT2D eigenvalue weighted by Gasteiger charge is -2.00. The van der Waals surface area contributed by atoms with Crippen LogP contribution in [0.25, 0.3) is 0 Å². The molecule has 0 aromatic rings. The van der Waals surface area contributed by atoms with E-state index >= 15 is 0 Å². The molecule has 66 valence electrons. The van der Waals surface area contributed by atoms with Crippen molar-refractivity contribution in [3.8, 4) is 0 Å². The summed E-state index contributed by atoms with van der Waals surface area (Å²) in [5.74, 6) is -1.51. The minimum atomic E-state index is -0.419. The number of hydrogen-bond acceptors (Lipinski definition) is 3. The molecule has 1 aliphatic heterocycles. The largest absolute Gasteiger partial charge is 0.392 e. The molecular formula is C9H12O3. The molecule has 0 N–H and O–H groups in total. The average Bonchev–Trinajstić information content (AvgIpc) is 2.25. The Morgan fingerprint density at radius 2 is 2.08 bits per heavy atom. The van der Waals surface area contributed by atoms with Gasteiger partial charge in [0.2, 0.25) is 0 Å². The maximum atomic E-state index is 11.0. The Morgan fingerprint density at radius 3 is 2.50 bits per heavy atom. The first-order valence-electron chi connectivity index (χ1n) is 4.09. The SMILES string of the molecule is CCC=CC1C(=O)OC(=O)C1C. The van der Waals surface area contributed by atoms with Gasteiger partial charge >= 0.3 is 11.9 Å². The summed E-state index contributed by atoms with van der Waals surface area (Å²) < 4.78 is 4.45. The molecule has 0 bridgehead atoms. The van der Waals surface area contributed by atoms with Gasteiger partial charge in [-0.25, -0.2) is 0 Å². The van der Waals surface area contributed by atoms with Crippen molar-refractivity contribution in [1.82, 2.24) is 0 Å². The molecule has 0 aromatic carbocycles. The molecule has 3 heteroatoms. The van der Waals surface area contributed by atoms with E-state index in [1.165, 1.54) is 0 Å². The van der Waals surface area contributed by atoms with Crippen molar-refractivity contribution < 1.29 is 14.3 Å². The predicted octanol–water partition coefficient (Wildman–Crippen LogP) is 1.29. The molecule has 3 nitrogen and oxygen atoms in total. The summed E-state index contributed by atoms with van der Waals surface area (Å²) >= 11 is 0. The Balaban J connectivity index is 2.70. The summed E-state index contributed by atoms with van der Waals surface area (Å²) in [6, 6.07) is 0. The number of allylic oxidation sites excluding steroid dienone is 1. The molecule has 0 aliphatic carbocycles. The van der Waals surface area contributed by atoms with Crippen LogP contribution >= 0.6 is 0 Å². The number of ether oxygens (including phenoxy) is 1. The first-order valence-corrected chi connectivity index (χ1v) is 4.09. The highest BCUT2D eigenvalue weighted by atomic mass is 16.6. The molecular weight excluding hydrogens is 156 g/mol. The molecule has 0 radical (unpaired) electrons. The van der Waals surface area contributed by atoms with Crippen LogP contribution in [0.2, 0.25) is 0 Å². The zero-order chi connectivity index (χ0) is 9.14. The van der Waals surface area contributed by atoms with Gasteiger partial charge in [0.1, 0.15) is 0 Å². The summed E-state index contributed by atoms with van der Waals surface area (Å²) in [5, 5.41) is 0. The van der Waals surface area contributed by atoms with Crippen molar-refractivity contribution in [3.63, 3.8) is 0 Å². The lowest BCUT2D eigenvalue weighted by atomic mass is 9.96. The van der Waals surface area contributed by atoms with Crippen LogP contribution in [0, 0.1) is 11.8 Å². The molecule has 1 heterocycles. The lowest BCUT2D eigenvalue weighted by molar-refractivity contribution is -0.153. The normalized spacial score (nSPS) is 29.8. The Hall–Kier alpha value is -1.12. The smallest absolute Gasteiger partial charge is 0.321 e. The van der Waals surface area contributed by atoms with Gasteiger partial charge < -0.3 is 4.74 Å². The van der Waals surface area contributed by atoms with Crippen LogP contribution in [0.15, 0.2) is 12.2 Å². The second-order valence-corrected chi connectivity index (χ2v) is 2.89. The Morgan fingerprint density at radius 1 is 1.42 bits per heavy atom. The van der Waals surface area contributed by atoms with E-state index in [1.54, 1.807) is 13.0 Å². The van der Waals surface area contributed by atoms with Crippen molar-refractivity contribution in [2.24, 2.45) is 11.8 Å². The number of rotatable bonds is 2. The van der Waals surface area contributed by atoms with E-state index in [0.717, 1.165) is 6.42 Å². The third-order valence-corrected chi connectivity index (χ3v) is 1.96. The van der Waals surface area contributed by atoms with Crippen LogP contribution in [0.4, 0.5) is 0 Å². The first kappa shape index (κ1) is 8.97. The topological polar surface area (TPSA) is 43.4 Å². The molecule has 1 fully saturated rings. The second-order valence-electron chi connectivity index (χ2n) is 2.89. The van der Waals surface area contributed by atoms with Crippen LogP contribution < -0.4 is 0 Å². The van der Waals surface area contributed by atoms with Crippen molar-refractivity contribution >= 4 is 11.9 Å². The molecule has 1 aliphatic rings. The molecule has 2 unspecified atom stereocenters. The van der Waals surface area contributed by atoms with Gasteiger partial charge in [-0.3, -0.25) is 9.59 Å². The average molecular weight is 168 g/mol. The Labute approximate surface area is 71.4 Å². The molecule has 0 aromatic heterocycles. The Bertz CT molecular complexity index is 230. The highest BCUT2D eigenvalue weighted by molar-refractivity contribution is 5.97. The second kappa shape index (κ2) is 3.52. The van der Waals surface area contributed by atoms with E-state index in [-0.39, 0.29) is 11.8 Å². The fourth-order valence-corrected chi connectivity index (χ4v) is 1.14. The number of carbonyl (C=O) groups excluding carboxylic acids is 2. The van der Waals surface area contributed by atoms with Gasteiger partial charge in [-0.15, -0.1) is 0 Å². The summed E-state index contributed by atoms with van der Waals surface area (Å²) in [5.41, 5.74) is 0. The monoisotopic (exact) mass is 168 g/mol. The van der Waals surface area contributed by atoms with E-state index in [4.69, 9.17) is 0 Å². The molecule has 0 spiro atoms. The minimum Gasteiger partial charge on any atom is -0.392 e. The standard InChI is InChI=1S/C9H12O3/c1-3-4-5-7-6(2)8(10)12-9(7)11/h4-7H,3H2,1-2H3. The summed E-state index contributed by atoms with van der Waals surface area (Å²) in [4.78, 5) is 21.9. The quantitative estimate of drug-likeness (QED) is 0.354. The number of esters is 2. The highest BCUT2D eigenvalue weighted by Crippen LogP contribution is 2.24. The van der Waals surface area contributed by atoms with E-state index in [0.29, 0.717) is 0 Å². The summed E-state index contributed by atoms with van der Waals surface area (Å²) in [7, 11) is 0. The van der Waals surface area contributed by atoms with Crippen LogP contribution in [0.5, 0.6) is 0 Å². The van der Waals surface area contributed by atoms with E-state index in [9.17, 15) is 9.59 Å². The molecule has 2 atom stereocenters. The number of hydrogen-bond donors (Lipinski definition) is 0. The van der Waals surface area contributed by atoms with Crippen molar-refractivity contribution in [3.05, 3.63) is 12.2 Å². The van der Waals surface area contributed by atoms with E-state index in [2.05, 4.69) is 4.74 Å². The Kier molecular flexibility index (Phi) is 2.63. The third-order valence-electron chi connectivity index (χ3n) is 1.96. The van der Waals surface area contributed by atoms with Gasteiger partial charge in [-0.2, -0.15) is 0 Å². The highest BCUT2D eigenvalue weighted by Gasteiger charge is 2.39. The van der Waals surface area contributed by atoms with Crippen LogP contribution in [0.3, 0.4) is 0 Å². The molecule has 12 heavy (non-hydrogen) atoms. The number of carbonyl (C=O) groups is 2. The van der Waals surface area contributed by atoms with Gasteiger partial charge in [0.05, 0.1) is 11.8 Å². The van der Waals surface area contributed by atoms with Gasteiger partial charge in [-0.1, -0.05) is 26.0 Å². The van der Waals surface area contributed by atoms with Crippen molar-refractivity contribution in [2.45, 2.75) is 20.3 Å². The van der Waals surface area contributed by atoms with Gasteiger partial charge in [0, 0.05) is 0 Å². The summed E-state index contributed by atoms with van der Waals surface area (Å²) in [6.45, 7) is 3.68. The first-order chi connectivity index (χ1) is 5.66. The van der Waals surface area contributed by atoms with Crippen molar-refractivity contribution in [1.29, 1.82) is 0 Å². The third kappa shape index (κ3) is 1.55. The fraction of sp³-hybridized carbons (Fsp3) is 0.556. The minimum absolute atomic E-state index is 0.319. The molecule has 0 amide bonds. The van der Waals surface area contributed by atoms with E-state index in [1.807, 2.05) is 13.0 Å². The zero-order valence-corrected chi connectivity index (χ0v) is 7.24. The van der Waals surface area contributed by atoms with Crippen LogP contribution in [-0.2, 0) is 14.3 Å². The van der Waals surface area contributed by atoms with E-state index < -0.39 is 11.9 Å². The number of cyclic esters (lactones) is 2. The lowest BCUT2D eigenvalue weighted by Crippen LogP contribution is -2.11. The van der Waals surface area contributed by atoms with Gasteiger partial charge in [0.25, 0.3) is 0 Å². The molecule has 1 rings (SSSR count).